The van der Waals surface area contributed by atoms with E-state index in [1.807, 2.05) is 32.5 Å². The molecule has 0 spiro atoms. The zero-order valence-electron chi connectivity index (χ0n) is 17.7. The highest BCUT2D eigenvalue weighted by Crippen LogP contribution is 2.61. The number of carbonyl (C=O) groups excluding carboxylic acids is 2. The Hall–Kier alpha value is -1.85. The summed E-state index contributed by atoms with van der Waals surface area (Å²) in [6.07, 6.45) is 8.93. The van der Waals surface area contributed by atoms with Gasteiger partial charge in [-0.2, -0.15) is 5.10 Å². The van der Waals surface area contributed by atoms with E-state index < -0.39 is 0 Å². The number of nitrogens with zero attached hydrogens (tertiary/aromatic N) is 2. The lowest BCUT2D eigenvalue weighted by Crippen LogP contribution is -2.50. The molecule has 6 heteroatoms. The lowest BCUT2D eigenvalue weighted by molar-refractivity contribution is -0.135. The number of hydrogen-bond donors (Lipinski definition) is 2. The Balaban J connectivity index is 1.28. The van der Waals surface area contributed by atoms with Gasteiger partial charge in [-0.1, -0.05) is 6.92 Å². The molecule has 4 bridgehead atoms. The van der Waals surface area contributed by atoms with E-state index >= 15 is 0 Å². The van der Waals surface area contributed by atoms with Gasteiger partial charge in [-0.15, -0.1) is 0 Å². The second-order valence-corrected chi connectivity index (χ2v) is 10.0. The molecule has 0 radical (unpaired) electrons. The van der Waals surface area contributed by atoms with E-state index in [0.29, 0.717) is 12.8 Å². The fraction of sp³-hybridized carbons (Fsp3) is 0.773. The highest BCUT2D eigenvalue weighted by atomic mass is 16.2. The normalized spacial score (nSPS) is 31.6. The smallest absolute Gasteiger partial charge is 0.241 e. The number of hydrazine groups is 1. The Morgan fingerprint density at radius 2 is 1.68 bits per heavy atom. The lowest BCUT2D eigenvalue weighted by atomic mass is 9.49. The van der Waals surface area contributed by atoms with E-state index in [1.165, 1.54) is 38.5 Å². The standard InChI is InChI=1S/C22H34N4O2/c1-13(5-19-14(2)25-26(4)15(19)3)21(28)24-23-20(27)12-22-9-16-6-17(10-22)8-18(7-16)11-22/h13,16-18H,5-12H2,1-4H3,(H,23,27)(H,24,28)/t13-,16?,17?,18?,22?/m0/s1. The number of amides is 2. The molecule has 0 saturated heterocycles. The minimum atomic E-state index is -0.221. The van der Waals surface area contributed by atoms with Crippen LogP contribution in [0.2, 0.25) is 0 Å². The van der Waals surface area contributed by atoms with Crippen LogP contribution in [0.4, 0.5) is 0 Å². The summed E-state index contributed by atoms with van der Waals surface area (Å²) in [5, 5.41) is 4.42. The van der Waals surface area contributed by atoms with Gasteiger partial charge in [0.1, 0.15) is 0 Å². The second-order valence-electron chi connectivity index (χ2n) is 10.0. The number of aryl methyl sites for hydroxylation is 2. The summed E-state index contributed by atoms with van der Waals surface area (Å²) in [4.78, 5) is 25.1. The topological polar surface area (TPSA) is 76.0 Å². The van der Waals surface area contributed by atoms with Crippen LogP contribution in [0.3, 0.4) is 0 Å². The van der Waals surface area contributed by atoms with Crippen molar-refractivity contribution >= 4 is 11.8 Å². The van der Waals surface area contributed by atoms with Gasteiger partial charge in [0.05, 0.1) is 5.69 Å². The van der Waals surface area contributed by atoms with Crippen LogP contribution in [0, 0.1) is 42.9 Å². The molecular weight excluding hydrogens is 352 g/mol. The number of hydrogen-bond acceptors (Lipinski definition) is 3. The van der Waals surface area contributed by atoms with Crippen molar-refractivity contribution in [2.75, 3.05) is 0 Å². The zero-order valence-corrected chi connectivity index (χ0v) is 17.7. The summed E-state index contributed by atoms with van der Waals surface area (Å²) in [6, 6.07) is 0. The molecule has 1 heterocycles. The van der Waals surface area contributed by atoms with Gasteiger partial charge in [0.25, 0.3) is 0 Å². The molecule has 154 valence electrons. The van der Waals surface area contributed by atoms with Gasteiger partial charge in [0, 0.05) is 25.1 Å². The fourth-order valence-electron chi connectivity index (χ4n) is 6.66. The van der Waals surface area contributed by atoms with Crippen LogP contribution in [0.15, 0.2) is 0 Å². The summed E-state index contributed by atoms with van der Waals surface area (Å²) in [5.41, 5.74) is 8.72. The monoisotopic (exact) mass is 386 g/mol. The van der Waals surface area contributed by atoms with Crippen LogP contribution in [0.5, 0.6) is 0 Å². The Labute approximate surface area is 167 Å². The van der Waals surface area contributed by atoms with Crippen molar-refractivity contribution in [3.05, 3.63) is 17.0 Å². The van der Waals surface area contributed by atoms with E-state index in [9.17, 15) is 9.59 Å². The van der Waals surface area contributed by atoms with Gasteiger partial charge in [0.2, 0.25) is 11.8 Å². The fourth-order valence-corrected chi connectivity index (χ4v) is 6.66. The third-order valence-electron chi connectivity index (χ3n) is 7.64. The summed E-state index contributed by atoms with van der Waals surface area (Å²) in [6.45, 7) is 5.89. The van der Waals surface area contributed by atoms with E-state index in [4.69, 9.17) is 0 Å². The highest BCUT2D eigenvalue weighted by Gasteiger charge is 2.51. The predicted molar refractivity (Wildman–Crippen MR) is 107 cm³/mol. The van der Waals surface area contributed by atoms with Crippen molar-refractivity contribution in [3.8, 4) is 0 Å². The first-order valence-corrected chi connectivity index (χ1v) is 10.8. The molecule has 6 nitrogen and oxygen atoms in total. The molecule has 0 aliphatic heterocycles. The van der Waals surface area contributed by atoms with Crippen molar-refractivity contribution in [2.24, 2.45) is 36.1 Å². The largest absolute Gasteiger partial charge is 0.273 e. The van der Waals surface area contributed by atoms with Gasteiger partial charge in [0.15, 0.2) is 0 Å². The molecule has 2 amide bonds. The number of rotatable bonds is 5. The van der Waals surface area contributed by atoms with Gasteiger partial charge < -0.3 is 0 Å². The zero-order chi connectivity index (χ0) is 20.1. The third kappa shape index (κ3) is 3.70. The maximum Gasteiger partial charge on any atom is 0.241 e. The van der Waals surface area contributed by atoms with Crippen molar-refractivity contribution in [3.63, 3.8) is 0 Å². The van der Waals surface area contributed by atoms with Crippen LogP contribution < -0.4 is 10.9 Å². The minimum absolute atomic E-state index is 0.0313. The van der Waals surface area contributed by atoms with Gasteiger partial charge in [-0.05, 0) is 87.5 Å². The number of carbonyl (C=O) groups is 2. The Morgan fingerprint density at radius 1 is 1.11 bits per heavy atom. The molecule has 4 aliphatic carbocycles. The van der Waals surface area contributed by atoms with E-state index in [-0.39, 0.29) is 23.1 Å². The summed E-state index contributed by atoms with van der Waals surface area (Å²) >= 11 is 0. The molecule has 4 aliphatic rings. The Bertz CT molecular complexity index is 746. The minimum Gasteiger partial charge on any atom is -0.273 e. The molecule has 0 unspecified atom stereocenters. The first kappa shape index (κ1) is 19.5. The average molecular weight is 387 g/mol. The summed E-state index contributed by atoms with van der Waals surface area (Å²) < 4.78 is 1.85. The number of aromatic nitrogens is 2. The predicted octanol–water partition coefficient (Wildman–Crippen LogP) is 2.97. The van der Waals surface area contributed by atoms with Crippen LogP contribution in [-0.2, 0) is 23.1 Å². The SMILES string of the molecule is Cc1nn(C)c(C)c1C[C@H](C)C(=O)NNC(=O)CC12CC3CC(CC(C3)C1)C2. The van der Waals surface area contributed by atoms with E-state index in [1.54, 1.807) is 0 Å². The molecule has 1 aromatic rings. The quantitative estimate of drug-likeness (QED) is 0.764. The maximum atomic E-state index is 12.6. The number of nitrogens with one attached hydrogen (secondary N) is 2. The van der Waals surface area contributed by atoms with Crippen molar-refractivity contribution in [1.29, 1.82) is 0 Å². The highest BCUT2D eigenvalue weighted by molar-refractivity contribution is 5.83. The van der Waals surface area contributed by atoms with Crippen LogP contribution >= 0.6 is 0 Å². The second kappa shape index (κ2) is 7.20. The van der Waals surface area contributed by atoms with E-state index in [2.05, 4.69) is 16.0 Å². The van der Waals surface area contributed by atoms with Crippen molar-refractivity contribution in [2.45, 2.75) is 72.1 Å². The molecular formula is C22H34N4O2. The lowest BCUT2D eigenvalue weighted by Gasteiger charge is -2.56. The molecule has 1 atom stereocenters. The third-order valence-corrected chi connectivity index (χ3v) is 7.64. The first-order valence-electron chi connectivity index (χ1n) is 10.8. The Morgan fingerprint density at radius 3 is 2.18 bits per heavy atom. The summed E-state index contributed by atoms with van der Waals surface area (Å²) in [5.74, 6) is 2.11. The van der Waals surface area contributed by atoms with Crippen LogP contribution in [0.1, 0.15) is 68.8 Å². The van der Waals surface area contributed by atoms with Crippen molar-refractivity contribution in [1.82, 2.24) is 20.6 Å². The van der Waals surface area contributed by atoms with Crippen LogP contribution in [0.25, 0.3) is 0 Å². The van der Waals surface area contributed by atoms with Crippen LogP contribution in [-0.4, -0.2) is 21.6 Å². The molecule has 1 aromatic heterocycles. The average Bonchev–Trinajstić information content (AvgIpc) is 2.84. The molecule has 0 aromatic carbocycles. The molecule has 2 N–H and O–H groups in total. The van der Waals surface area contributed by atoms with Crippen molar-refractivity contribution < 1.29 is 9.59 Å². The van der Waals surface area contributed by atoms with Gasteiger partial charge in [-0.3, -0.25) is 25.1 Å². The first-order chi connectivity index (χ1) is 13.2. The summed E-state index contributed by atoms with van der Waals surface area (Å²) in [7, 11) is 1.92. The van der Waals surface area contributed by atoms with Gasteiger partial charge >= 0.3 is 0 Å². The molecule has 5 rings (SSSR count). The van der Waals surface area contributed by atoms with Gasteiger partial charge in [-0.25, -0.2) is 0 Å². The molecule has 4 saturated carbocycles. The molecule has 28 heavy (non-hydrogen) atoms. The molecule has 4 fully saturated rings. The Kier molecular flexibility index (Phi) is 5.00. The maximum absolute atomic E-state index is 12.6. The van der Waals surface area contributed by atoms with E-state index in [0.717, 1.165) is 34.7 Å².